The van der Waals surface area contributed by atoms with Crippen molar-refractivity contribution in [2.45, 2.75) is 166 Å². The molecule has 2 aliphatic carbocycles. The quantitative estimate of drug-likeness (QED) is 0.0522. The molecule has 15 heteroatoms. The van der Waals surface area contributed by atoms with Crippen LogP contribution in [0, 0.1) is 17.8 Å². The molecular weight excluding hydrogens is 1010 g/mol. The number of hydrogen-bond acceptors (Lipinski definition) is 9. The normalized spacial score (nSPS) is 21.1. The van der Waals surface area contributed by atoms with E-state index in [-0.39, 0.29) is 77.4 Å². The molecule has 0 unspecified atom stereocenters. The Morgan fingerprint density at radius 2 is 0.901 bits per heavy atom. The minimum atomic E-state index is -0.656. The first-order chi connectivity index (χ1) is 39.2. The Kier molecular flexibility index (Phi) is 22.1. The number of likely N-dealkylation sites (tertiary alicyclic amines) is 2. The van der Waals surface area contributed by atoms with E-state index in [0.717, 1.165) is 86.5 Å². The molecule has 4 fully saturated rings. The van der Waals surface area contributed by atoms with Crippen molar-refractivity contribution in [3.05, 3.63) is 131 Å². The van der Waals surface area contributed by atoms with Gasteiger partial charge in [-0.2, -0.15) is 0 Å². The first-order valence-electron chi connectivity index (χ1n) is 30.4. The lowest BCUT2D eigenvalue weighted by Gasteiger charge is -2.43. The second-order valence-electron chi connectivity index (χ2n) is 24.0. The zero-order valence-electron chi connectivity index (χ0n) is 48.6. The minimum absolute atomic E-state index is 0.0358. The van der Waals surface area contributed by atoms with Crippen LogP contribution in [0.1, 0.15) is 143 Å². The Morgan fingerprint density at radius 1 is 0.519 bits per heavy atom. The van der Waals surface area contributed by atoms with Crippen LogP contribution in [0.4, 0.5) is 0 Å². The Bertz CT molecular complexity index is 2680. The van der Waals surface area contributed by atoms with Crippen LogP contribution < -0.4 is 27.4 Å². The molecule has 4 aromatic rings. The molecular formula is C66H91N9O6. The van der Waals surface area contributed by atoms with Gasteiger partial charge in [-0.25, -0.2) is 0 Å². The molecule has 2 saturated carbocycles. The molecule has 0 spiro atoms. The second-order valence-corrected chi connectivity index (χ2v) is 24.0. The number of piperidine rings is 2. The molecule has 15 nitrogen and oxygen atoms in total. The topological polar surface area (TPSA) is 204 Å². The number of carbonyl (C=O) groups excluding carboxylic acids is 6. The van der Waals surface area contributed by atoms with Gasteiger partial charge in [0.15, 0.2) is 0 Å². The third kappa shape index (κ3) is 16.4. The fourth-order valence-corrected chi connectivity index (χ4v) is 12.7. The summed E-state index contributed by atoms with van der Waals surface area (Å²) in [7, 11) is 1.74. The molecule has 8 rings (SSSR count). The average Bonchev–Trinajstić information content (AvgIpc) is 3.50. The first-order valence-corrected chi connectivity index (χ1v) is 30.4. The SMILES string of the molecule is CN[C@@H](C)C(=O)N[C@H](C(=O)N1CC[C@@H](N)C[C@H]1CN(CCc1ccccc1)C(=O)c1ccc(-c2ccc(C(=O)N(CCc3ccccc3)C[C@@H]3C[C@H](N)CCN3C(=O)[C@@H](NC(=O)C(C)C)C3CCCCC3)cc2)cc1)C1CCCCC1. The van der Waals surface area contributed by atoms with E-state index in [4.69, 9.17) is 11.5 Å². The number of nitrogens with zero attached hydrogens (tertiary/aromatic N) is 4. The summed E-state index contributed by atoms with van der Waals surface area (Å²) < 4.78 is 0. The van der Waals surface area contributed by atoms with Crippen LogP contribution in [0.3, 0.4) is 0 Å². The molecule has 6 amide bonds. The van der Waals surface area contributed by atoms with Crippen molar-refractivity contribution in [3.63, 3.8) is 0 Å². The van der Waals surface area contributed by atoms with Gasteiger partial charge in [0, 0.05) is 68.4 Å². The predicted molar refractivity (Wildman–Crippen MR) is 320 cm³/mol. The Labute approximate surface area is 481 Å². The van der Waals surface area contributed by atoms with Crippen LogP contribution in [-0.4, -0.2) is 144 Å². The van der Waals surface area contributed by atoms with Crippen molar-refractivity contribution in [2.24, 2.45) is 29.2 Å². The van der Waals surface area contributed by atoms with Crippen molar-refractivity contribution in [1.29, 1.82) is 0 Å². The van der Waals surface area contributed by atoms with Gasteiger partial charge in [-0.1, -0.05) is 137 Å². The maximum absolute atomic E-state index is 14.8. The summed E-state index contributed by atoms with van der Waals surface area (Å²) >= 11 is 0. The maximum Gasteiger partial charge on any atom is 0.253 e. The molecule has 0 radical (unpaired) electrons. The lowest BCUT2D eigenvalue weighted by molar-refractivity contribution is -0.142. The average molecular weight is 1110 g/mol. The molecule has 7 atom stereocenters. The maximum atomic E-state index is 14.8. The molecule has 436 valence electrons. The van der Waals surface area contributed by atoms with Gasteiger partial charge in [0.25, 0.3) is 11.8 Å². The summed E-state index contributed by atoms with van der Waals surface area (Å²) in [5.41, 5.74) is 18.3. The van der Waals surface area contributed by atoms with E-state index in [1.165, 1.54) is 0 Å². The number of nitrogens with one attached hydrogen (secondary N) is 3. The minimum Gasteiger partial charge on any atom is -0.344 e. The lowest BCUT2D eigenvalue weighted by atomic mass is 9.82. The monoisotopic (exact) mass is 1110 g/mol. The highest BCUT2D eigenvalue weighted by Gasteiger charge is 2.42. The van der Waals surface area contributed by atoms with Gasteiger partial charge in [-0.15, -0.1) is 0 Å². The lowest BCUT2D eigenvalue weighted by Crippen LogP contribution is -2.61. The summed E-state index contributed by atoms with van der Waals surface area (Å²) in [6.07, 6.45) is 13.5. The Hall–Kier alpha value is -6.42. The van der Waals surface area contributed by atoms with Gasteiger partial charge in [-0.3, -0.25) is 28.8 Å². The number of nitrogens with two attached hydrogens (primary N) is 2. The number of likely N-dealkylation sites (N-methyl/N-ethyl adjacent to an activating group) is 1. The Balaban J connectivity index is 1.00. The molecule has 4 aliphatic rings. The van der Waals surface area contributed by atoms with Crippen LogP contribution in [0.15, 0.2) is 109 Å². The smallest absolute Gasteiger partial charge is 0.253 e. The number of rotatable bonds is 22. The molecule has 0 aromatic heterocycles. The molecule has 2 heterocycles. The van der Waals surface area contributed by atoms with Crippen LogP contribution in [-0.2, 0) is 32.0 Å². The molecule has 2 saturated heterocycles. The molecule has 2 aliphatic heterocycles. The number of benzene rings is 4. The molecule has 7 N–H and O–H groups in total. The van der Waals surface area contributed by atoms with E-state index in [1.807, 2.05) is 118 Å². The third-order valence-electron chi connectivity index (χ3n) is 17.9. The van der Waals surface area contributed by atoms with Crippen LogP contribution in [0.5, 0.6) is 0 Å². The van der Waals surface area contributed by atoms with Crippen molar-refractivity contribution < 1.29 is 28.8 Å². The van der Waals surface area contributed by atoms with Crippen LogP contribution >= 0.6 is 0 Å². The van der Waals surface area contributed by atoms with E-state index in [2.05, 4.69) is 40.2 Å². The van der Waals surface area contributed by atoms with Crippen LogP contribution in [0.25, 0.3) is 11.1 Å². The highest BCUT2D eigenvalue weighted by atomic mass is 16.2. The largest absolute Gasteiger partial charge is 0.344 e. The van der Waals surface area contributed by atoms with E-state index >= 15 is 0 Å². The van der Waals surface area contributed by atoms with Gasteiger partial charge in [0.1, 0.15) is 12.1 Å². The number of amides is 6. The molecule has 0 bridgehead atoms. The fraction of sp³-hybridized carbons (Fsp3) is 0.545. The number of hydrogen-bond donors (Lipinski definition) is 5. The summed E-state index contributed by atoms with van der Waals surface area (Å²) in [6, 6.07) is 32.6. The van der Waals surface area contributed by atoms with Gasteiger partial charge in [0.2, 0.25) is 23.6 Å². The highest BCUT2D eigenvalue weighted by Crippen LogP contribution is 2.32. The summed E-state index contributed by atoms with van der Waals surface area (Å²) in [5.74, 6) is -0.949. The van der Waals surface area contributed by atoms with Gasteiger partial charge in [0.05, 0.1) is 18.1 Å². The Morgan fingerprint density at radius 3 is 1.27 bits per heavy atom. The zero-order valence-corrected chi connectivity index (χ0v) is 48.6. The van der Waals surface area contributed by atoms with E-state index in [9.17, 15) is 28.8 Å². The third-order valence-corrected chi connectivity index (χ3v) is 17.9. The summed E-state index contributed by atoms with van der Waals surface area (Å²) in [6.45, 7) is 7.88. The van der Waals surface area contributed by atoms with Crippen molar-refractivity contribution >= 4 is 35.4 Å². The molecule has 81 heavy (non-hydrogen) atoms. The first kappa shape index (κ1) is 60.7. The summed E-state index contributed by atoms with van der Waals surface area (Å²) in [5, 5.41) is 9.33. The predicted octanol–water partition coefficient (Wildman–Crippen LogP) is 7.75. The van der Waals surface area contributed by atoms with E-state index in [0.29, 0.717) is 88.9 Å². The zero-order chi connectivity index (χ0) is 57.4. The summed E-state index contributed by atoms with van der Waals surface area (Å²) in [4.78, 5) is 93.4. The second kappa shape index (κ2) is 29.5. The van der Waals surface area contributed by atoms with E-state index in [1.54, 1.807) is 14.0 Å². The highest BCUT2D eigenvalue weighted by molar-refractivity contribution is 5.96. The van der Waals surface area contributed by atoms with Gasteiger partial charge in [-0.05, 0) is 137 Å². The standard InChI is InChI=1S/C66H91N9O6/c1-45(2)61(76)70-59(51-21-13-7-14-22-51)65(80)74-39-35-55(67)41-57(74)43-72(37-33-47-17-9-5-10-18-47)63(78)53-29-25-49(26-30-53)50-27-31-54(32-28-50)64(79)73(38-34-48-19-11-6-12-20-48)44-58-42-56(68)36-40-75(58)66(81)60(52-23-15-8-16-24-52)71-62(77)46(3)69-4/h5-6,9-12,17-20,25-32,45-46,51-52,55-60,69H,7-8,13-16,21-24,33-44,67-68H2,1-4H3,(H,70,76)(H,71,77)/t46-,55+,56+,57-,58-,59-,60-/m0/s1. The molecule has 4 aromatic carbocycles. The van der Waals surface area contributed by atoms with Gasteiger partial charge < -0.3 is 47.0 Å². The van der Waals surface area contributed by atoms with Crippen LogP contribution in [0.2, 0.25) is 0 Å². The van der Waals surface area contributed by atoms with Crippen molar-refractivity contribution in [1.82, 2.24) is 35.6 Å². The number of carbonyl (C=O) groups is 6. The van der Waals surface area contributed by atoms with Crippen molar-refractivity contribution in [3.8, 4) is 11.1 Å². The fourth-order valence-electron chi connectivity index (χ4n) is 12.7. The van der Waals surface area contributed by atoms with E-state index < -0.39 is 18.1 Å². The van der Waals surface area contributed by atoms with Gasteiger partial charge >= 0.3 is 0 Å². The van der Waals surface area contributed by atoms with Crippen molar-refractivity contribution in [2.75, 3.05) is 46.3 Å².